The lowest BCUT2D eigenvalue weighted by molar-refractivity contribution is 0.544. The predicted molar refractivity (Wildman–Crippen MR) is 65.0 cm³/mol. The summed E-state index contributed by atoms with van der Waals surface area (Å²) in [6, 6.07) is 3.93. The average Bonchev–Trinajstić information content (AvgIpc) is 2.37. The molecule has 0 saturated heterocycles. The van der Waals surface area contributed by atoms with Crippen molar-refractivity contribution in [3.8, 4) is 0 Å². The highest BCUT2D eigenvalue weighted by atomic mass is 32.2. The second-order valence-electron chi connectivity index (χ2n) is 3.71. The first-order valence-corrected chi connectivity index (χ1v) is 6.86. The van der Waals surface area contributed by atoms with Crippen molar-refractivity contribution in [1.29, 1.82) is 0 Å². The molecule has 2 aromatic rings. The maximum Gasteiger partial charge on any atom is 0.261 e. The zero-order valence-corrected chi connectivity index (χ0v) is 10.9. The molecule has 0 amide bonds. The van der Waals surface area contributed by atoms with Crippen molar-refractivity contribution in [2.24, 2.45) is 0 Å². The summed E-state index contributed by atoms with van der Waals surface area (Å²) in [5.41, 5.74) is 0.493. The van der Waals surface area contributed by atoms with Gasteiger partial charge in [-0.25, -0.2) is 32.5 Å². The highest BCUT2D eigenvalue weighted by Gasteiger charge is 2.20. The third-order valence-corrected chi connectivity index (χ3v) is 3.59. The molecule has 2 heterocycles. The number of hydrogen-bond acceptors (Lipinski definition) is 5. The number of hydrogen-bond donors (Lipinski definition) is 1. The molecule has 2 aromatic heterocycles. The van der Waals surface area contributed by atoms with E-state index in [-0.39, 0.29) is 6.54 Å². The van der Waals surface area contributed by atoms with Gasteiger partial charge in [0.15, 0.2) is 5.82 Å². The maximum absolute atomic E-state index is 13.4. The number of rotatable bonds is 4. The van der Waals surface area contributed by atoms with Crippen molar-refractivity contribution >= 4 is 10.0 Å². The minimum absolute atomic E-state index is 0.0539. The van der Waals surface area contributed by atoms with Crippen LogP contribution in [0.3, 0.4) is 0 Å². The quantitative estimate of drug-likeness (QED) is 0.896. The number of aryl methyl sites for hydroxylation is 1. The molecular formula is C11H11FN4O2S. The summed E-state index contributed by atoms with van der Waals surface area (Å²) in [4.78, 5) is 11.5. The molecule has 100 valence electrons. The van der Waals surface area contributed by atoms with Crippen LogP contribution in [0.4, 0.5) is 4.39 Å². The molecule has 0 aliphatic rings. The molecule has 0 unspecified atom stereocenters. The second-order valence-corrected chi connectivity index (χ2v) is 5.39. The van der Waals surface area contributed by atoms with Crippen LogP contribution in [0.25, 0.3) is 0 Å². The first-order chi connectivity index (χ1) is 8.99. The van der Waals surface area contributed by atoms with Crippen LogP contribution in [0.1, 0.15) is 11.5 Å². The van der Waals surface area contributed by atoms with Crippen LogP contribution < -0.4 is 4.72 Å². The highest BCUT2D eigenvalue weighted by Crippen LogP contribution is 2.10. The van der Waals surface area contributed by atoms with Crippen molar-refractivity contribution in [1.82, 2.24) is 19.7 Å². The summed E-state index contributed by atoms with van der Waals surface area (Å²) in [6.45, 7) is 1.64. The van der Waals surface area contributed by atoms with Crippen molar-refractivity contribution in [3.05, 3.63) is 47.9 Å². The SMILES string of the molecule is Cc1nccc(CNS(=O)(=O)c2ncccc2F)n1. The average molecular weight is 282 g/mol. The molecule has 0 aliphatic heterocycles. The number of halogens is 1. The molecule has 0 atom stereocenters. The van der Waals surface area contributed by atoms with Gasteiger partial charge in [0.25, 0.3) is 10.0 Å². The van der Waals surface area contributed by atoms with Gasteiger partial charge < -0.3 is 0 Å². The van der Waals surface area contributed by atoms with Crippen molar-refractivity contribution in [2.45, 2.75) is 18.5 Å². The molecule has 0 radical (unpaired) electrons. The number of pyridine rings is 1. The summed E-state index contributed by atoms with van der Waals surface area (Å²) in [6.07, 6.45) is 2.74. The molecular weight excluding hydrogens is 271 g/mol. The van der Waals surface area contributed by atoms with E-state index in [0.29, 0.717) is 11.5 Å². The van der Waals surface area contributed by atoms with Gasteiger partial charge in [0.2, 0.25) is 5.03 Å². The minimum atomic E-state index is -4.00. The van der Waals surface area contributed by atoms with Gasteiger partial charge in [0.05, 0.1) is 12.2 Å². The van der Waals surface area contributed by atoms with Crippen molar-refractivity contribution in [3.63, 3.8) is 0 Å². The Labute approximate surface area is 109 Å². The molecule has 19 heavy (non-hydrogen) atoms. The van der Waals surface area contributed by atoms with E-state index in [1.165, 1.54) is 18.5 Å². The second kappa shape index (κ2) is 5.37. The van der Waals surface area contributed by atoms with Crippen molar-refractivity contribution in [2.75, 3.05) is 0 Å². The standard InChI is InChI=1S/C11H11FN4O2S/c1-8-13-6-4-9(16-8)7-15-19(17,18)11-10(12)3-2-5-14-11/h2-6,15H,7H2,1H3. The van der Waals surface area contributed by atoms with Gasteiger partial charge in [-0.05, 0) is 25.1 Å². The molecule has 6 nitrogen and oxygen atoms in total. The van der Waals surface area contributed by atoms with Gasteiger partial charge in [0, 0.05) is 12.4 Å². The van der Waals surface area contributed by atoms with Crippen LogP contribution in [0.15, 0.2) is 35.6 Å². The van der Waals surface area contributed by atoms with E-state index in [9.17, 15) is 12.8 Å². The number of nitrogens with zero attached hydrogens (tertiary/aromatic N) is 3. The van der Waals surface area contributed by atoms with E-state index in [2.05, 4.69) is 19.7 Å². The van der Waals surface area contributed by atoms with E-state index in [1.807, 2.05) is 0 Å². The smallest absolute Gasteiger partial charge is 0.242 e. The summed E-state index contributed by atoms with van der Waals surface area (Å²) in [7, 11) is -4.00. The molecule has 0 aromatic carbocycles. The molecule has 1 N–H and O–H groups in total. The van der Waals surface area contributed by atoms with Crippen LogP contribution in [0, 0.1) is 12.7 Å². The normalized spacial score (nSPS) is 11.5. The monoisotopic (exact) mass is 282 g/mol. The van der Waals surface area contributed by atoms with Gasteiger partial charge in [-0.2, -0.15) is 0 Å². The van der Waals surface area contributed by atoms with Crippen LogP contribution in [0.2, 0.25) is 0 Å². The zero-order valence-electron chi connectivity index (χ0n) is 10.0. The lowest BCUT2D eigenvalue weighted by Crippen LogP contribution is -2.25. The van der Waals surface area contributed by atoms with Crippen LogP contribution >= 0.6 is 0 Å². The van der Waals surface area contributed by atoms with Crippen LogP contribution in [0.5, 0.6) is 0 Å². The fourth-order valence-electron chi connectivity index (χ4n) is 1.41. The van der Waals surface area contributed by atoms with E-state index in [0.717, 1.165) is 6.07 Å². The van der Waals surface area contributed by atoms with Gasteiger partial charge in [-0.15, -0.1) is 0 Å². The fraction of sp³-hybridized carbons (Fsp3) is 0.182. The largest absolute Gasteiger partial charge is 0.261 e. The first kappa shape index (κ1) is 13.5. The minimum Gasteiger partial charge on any atom is -0.242 e. The van der Waals surface area contributed by atoms with Gasteiger partial charge in [-0.3, -0.25) is 0 Å². The van der Waals surface area contributed by atoms with Crippen molar-refractivity contribution < 1.29 is 12.8 Å². The maximum atomic E-state index is 13.4. The van der Waals surface area contributed by atoms with Gasteiger partial charge in [0.1, 0.15) is 5.82 Å². The van der Waals surface area contributed by atoms with Gasteiger partial charge >= 0.3 is 0 Å². The molecule has 0 aliphatic carbocycles. The molecule has 8 heteroatoms. The van der Waals surface area contributed by atoms with E-state index < -0.39 is 20.9 Å². The molecule has 2 rings (SSSR count). The number of sulfonamides is 1. The first-order valence-electron chi connectivity index (χ1n) is 5.38. The third kappa shape index (κ3) is 3.30. The molecule has 0 spiro atoms. The Bertz CT molecular complexity index is 691. The lowest BCUT2D eigenvalue weighted by Gasteiger charge is -2.06. The third-order valence-electron chi connectivity index (χ3n) is 2.26. The lowest BCUT2D eigenvalue weighted by atomic mass is 10.4. The van der Waals surface area contributed by atoms with E-state index >= 15 is 0 Å². The van der Waals surface area contributed by atoms with E-state index in [4.69, 9.17) is 0 Å². The topological polar surface area (TPSA) is 84.8 Å². The Balaban J connectivity index is 2.17. The number of aromatic nitrogens is 3. The van der Waals surface area contributed by atoms with Gasteiger partial charge in [-0.1, -0.05) is 0 Å². The Morgan fingerprint density at radius 3 is 2.74 bits per heavy atom. The Morgan fingerprint density at radius 2 is 2.05 bits per heavy atom. The predicted octanol–water partition coefficient (Wildman–Crippen LogP) is 0.798. The number of nitrogens with one attached hydrogen (secondary N) is 1. The summed E-state index contributed by atoms with van der Waals surface area (Å²) >= 11 is 0. The van der Waals surface area contributed by atoms with Crippen LogP contribution in [-0.2, 0) is 16.6 Å². The summed E-state index contributed by atoms with van der Waals surface area (Å²) in [5.74, 6) is -0.366. The fourth-order valence-corrected chi connectivity index (χ4v) is 2.41. The summed E-state index contributed by atoms with van der Waals surface area (Å²) < 4.78 is 39.3. The van der Waals surface area contributed by atoms with E-state index in [1.54, 1.807) is 13.0 Å². The Morgan fingerprint density at radius 1 is 1.26 bits per heavy atom. The summed E-state index contributed by atoms with van der Waals surface area (Å²) in [5, 5.41) is -0.624. The van der Waals surface area contributed by atoms with Crippen LogP contribution in [-0.4, -0.2) is 23.4 Å². The molecule has 0 saturated carbocycles. The highest BCUT2D eigenvalue weighted by molar-refractivity contribution is 7.89. The molecule has 0 fully saturated rings. The Kier molecular flexibility index (Phi) is 3.82. The Hall–Kier alpha value is -1.93. The molecule has 0 bridgehead atoms. The zero-order chi connectivity index (χ0) is 13.9.